The molecule has 0 saturated heterocycles. The van der Waals surface area contributed by atoms with Crippen LogP contribution in [0.4, 0.5) is 0 Å². The molecule has 0 radical (unpaired) electrons. The lowest BCUT2D eigenvalue weighted by Crippen LogP contribution is -2.16. The Morgan fingerprint density at radius 1 is 0.957 bits per heavy atom. The van der Waals surface area contributed by atoms with Crippen molar-refractivity contribution in [2.45, 2.75) is 66.1 Å². The Kier molecular flexibility index (Phi) is 8.48. The van der Waals surface area contributed by atoms with E-state index < -0.39 is 8.07 Å². The van der Waals surface area contributed by atoms with Crippen LogP contribution in [0.3, 0.4) is 0 Å². The molecule has 0 amide bonds. The van der Waals surface area contributed by atoms with Gasteiger partial charge in [0, 0.05) is 5.56 Å². The summed E-state index contributed by atoms with van der Waals surface area (Å²) in [6.45, 7) is 14.5. The molecule has 0 bridgehead atoms. The highest BCUT2D eigenvalue weighted by Gasteiger charge is 2.07. The Labute approximate surface area is 144 Å². The van der Waals surface area contributed by atoms with Crippen molar-refractivity contribution >= 4 is 8.07 Å². The van der Waals surface area contributed by atoms with Gasteiger partial charge in [-0.1, -0.05) is 65.6 Å². The summed E-state index contributed by atoms with van der Waals surface area (Å²) in [5.41, 5.74) is 4.48. The molecule has 23 heavy (non-hydrogen) atoms. The molecule has 1 aromatic carbocycles. The molecule has 0 aromatic heterocycles. The summed E-state index contributed by atoms with van der Waals surface area (Å²) in [6.07, 6.45) is 5.12. The van der Waals surface area contributed by atoms with E-state index in [0.717, 1.165) is 36.2 Å². The molecule has 1 aromatic rings. The van der Waals surface area contributed by atoms with Gasteiger partial charge in [0.1, 0.15) is 13.8 Å². The number of ether oxygens (including phenoxy) is 1. The van der Waals surface area contributed by atoms with Crippen molar-refractivity contribution in [3.63, 3.8) is 0 Å². The Hall–Kier alpha value is -1.20. The van der Waals surface area contributed by atoms with Crippen molar-refractivity contribution in [3.8, 4) is 17.2 Å². The van der Waals surface area contributed by atoms with Crippen LogP contribution in [0.5, 0.6) is 5.75 Å². The van der Waals surface area contributed by atoms with Gasteiger partial charge in [-0.2, -0.15) is 0 Å². The first-order valence-electron chi connectivity index (χ1n) is 9.02. The Balaban J connectivity index is 2.31. The summed E-state index contributed by atoms with van der Waals surface area (Å²) in [5.74, 6) is 5.80. The second-order valence-corrected chi connectivity index (χ2v) is 12.8. The Morgan fingerprint density at radius 2 is 1.61 bits per heavy atom. The van der Waals surface area contributed by atoms with Gasteiger partial charge in [0.05, 0.1) is 6.61 Å². The highest BCUT2D eigenvalue weighted by Crippen LogP contribution is 2.17. The fourth-order valence-electron chi connectivity index (χ4n) is 2.29. The first-order valence-corrected chi connectivity index (χ1v) is 12.5. The summed E-state index contributed by atoms with van der Waals surface area (Å²) in [5, 5.41) is 0. The van der Waals surface area contributed by atoms with E-state index in [1.807, 2.05) is 12.1 Å². The molecule has 0 spiro atoms. The van der Waals surface area contributed by atoms with Crippen LogP contribution in [0.2, 0.25) is 19.6 Å². The van der Waals surface area contributed by atoms with Gasteiger partial charge < -0.3 is 4.74 Å². The highest BCUT2D eigenvalue weighted by molar-refractivity contribution is 6.83. The van der Waals surface area contributed by atoms with E-state index in [1.165, 1.54) is 19.3 Å². The molecule has 1 atom stereocenters. The largest absolute Gasteiger partial charge is 0.494 e. The molecule has 0 aliphatic rings. The molecule has 0 aliphatic carbocycles. The SMILES string of the molecule is CC(C)CCCC(C)CCOc1ccc(C#C[Si](C)(C)C)cc1. The third-order valence-electron chi connectivity index (χ3n) is 3.79. The topological polar surface area (TPSA) is 9.23 Å². The predicted molar refractivity (Wildman–Crippen MR) is 105 cm³/mol. The lowest BCUT2D eigenvalue weighted by Gasteiger charge is -2.13. The molecular weight excluding hydrogens is 296 g/mol. The number of rotatable bonds is 8. The van der Waals surface area contributed by atoms with E-state index in [2.05, 4.69) is 64.0 Å². The van der Waals surface area contributed by atoms with E-state index in [1.54, 1.807) is 0 Å². The van der Waals surface area contributed by atoms with Crippen LogP contribution >= 0.6 is 0 Å². The monoisotopic (exact) mass is 330 g/mol. The molecule has 0 N–H and O–H groups in total. The first-order chi connectivity index (χ1) is 10.8. The summed E-state index contributed by atoms with van der Waals surface area (Å²) < 4.78 is 5.86. The summed E-state index contributed by atoms with van der Waals surface area (Å²) in [4.78, 5) is 0. The maximum atomic E-state index is 5.86. The molecular formula is C21H34OSi. The van der Waals surface area contributed by atoms with Gasteiger partial charge >= 0.3 is 0 Å². The van der Waals surface area contributed by atoms with E-state index in [9.17, 15) is 0 Å². The third-order valence-corrected chi connectivity index (χ3v) is 4.67. The van der Waals surface area contributed by atoms with Crippen molar-refractivity contribution in [2.24, 2.45) is 11.8 Å². The zero-order valence-electron chi connectivity index (χ0n) is 15.9. The molecule has 1 rings (SSSR count). The van der Waals surface area contributed by atoms with Crippen LogP contribution in [0.25, 0.3) is 0 Å². The number of hydrogen-bond acceptors (Lipinski definition) is 1. The molecule has 0 saturated carbocycles. The molecule has 0 heterocycles. The van der Waals surface area contributed by atoms with Crippen molar-refractivity contribution < 1.29 is 4.74 Å². The summed E-state index contributed by atoms with van der Waals surface area (Å²) in [6, 6.07) is 8.21. The minimum atomic E-state index is -1.30. The molecule has 0 fully saturated rings. The van der Waals surface area contributed by atoms with Crippen LogP contribution in [-0.4, -0.2) is 14.7 Å². The van der Waals surface area contributed by atoms with Crippen LogP contribution in [0, 0.1) is 23.3 Å². The fourth-order valence-corrected chi connectivity index (χ4v) is 2.81. The lowest BCUT2D eigenvalue weighted by atomic mass is 9.98. The smallest absolute Gasteiger partial charge is 0.129 e. The van der Waals surface area contributed by atoms with Gasteiger partial charge in [0.15, 0.2) is 0 Å². The van der Waals surface area contributed by atoms with Gasteiger partial charge in [-0.25, -0.2) is 0 Å². The molecule has 1 nitrogen and oxygen atoms in total. The average Bonchev–Trinajstić information content (AvgIpc) is 2.45. The second kappa shape index (κ2) is 9.83. The summed E-state index contributed by atoms with van der Waals surface area (Å²) in [7, 11) is -1.30. The molecule has 128 valence electrons. The minimum Gasteiger partial charge on any atom is -0.494 e. The van der Waals surface area contributed by atoms with Gasteiger partial charge in [-0.05, 0) is 42.5 Å². The third kappa shape index (κ3) is 10.2. The molecule has 0 aliphatic heterocycles. The van der Waals surface area contributed by atoms with Gasteiger partial charge in [0.2, 0.25) is 0 Å². The van der Waals surface area contributed by atoms with Crippen molar-refractivity contribution in [2.75, 3.05) is 6.61 Å². The zero-order valence-corrected chi connectivity index (χ0v) is 16.9. The van der Waals surface area contributed by atoms with E-state index in [0.29, 0.717) is 0 Å². The van der Waals surface area contributed by atoms with Crippen molar-refractivity contribution in [3.05, 3.63) is 29.8 Å². The van der Waals surface area contributed by atoms with E-state index in [-0.39, 0.29) is 0 Å². The quantitative estimate of drug-likeness (QED) is 0.410. The summed E-state index contributed by atoms with van der Waals surface area (Å²) >= 11 is 0. The predicted octanol–water partition coefficient (Wildman–Crippen LogP) is 6.15. The zero-order chi connectivity index (χ0) is 17.3. The van der Waals surface area contributed by atoms with E-state index in [4.69, 9.17) is 4.74 Å². The Morgan fingerprint density at radius 3 is 2.17 bits per heavy atom. The normalized spacial score (nSPS) is 12.7. The highest BCUT2D eigenvalue weighted by atomic mass is 28.3. The second-order valence-electron chi connectivity index (χ2n) is 8.09. The van der Waals surface area contributed by atoms with E-state index >= 15 is 0 Å². The lowest BCUT2D eigenvalue weighted by molar-refractivity contribution is 0.275. The van der Waals surface area contributed by atoms with Crippen molar-refractivity contribution in [1.29, 1.82) is 0 Å². The fraction of sp³-hybridized carbons (Fsp3) is 0.619. The van der Waals surface area contributed by atoms with Crippen LogP contribution < -0.4 is 4.74 Å². The maximum Gasteiger partial charge on any atom is 0.129 e. The molecule has 2 heteroatoms. The average molecular weight is 331 g/mol. The van der Waals surface area contributed by atoms with Crippen LogP contribution in [0.1, 0.15) is 52.0 Å². The van der Waals surface area contributed by atoms with Crippen LogP contribution in [0.15, 0.2) is 24.3 Å². The molecule has 1 unspecified atom stereocenters. The minimum absolute atomic E-state index is 0.746. The number of benzene rings is 1. The van der Waals surface area contributed by atoms with Gasteiger partial charge in [0.25, 0.3) is 0 Å². The number of hydrogen-bond donors (Lipinski definition) is 0. The van der Waals surface area contributed by atoms with Gasteiger partial charge in [-0.15, -0.1) is 5.54 Å². The van der Waals surface area contributed by atoms with Crippen molar-refractivity contribution in [1.82, 2.24) is 0 Å². The first kappa shape index (κ1) is 19.8. The maximum absolute atomic E-state index is 5.86. The van der Waals surface area contributed by atoms with Crippen LogP contribution in [-0.2, 0) is 0 Å². The Bertz CT molecular complexity index is 499. The van der Waals surface area contributed by atoms with Gasteiger partial charge in [-0.3, -0.25) is 0 Å². The standard InChI is InChI=1S/C21H34OSi/c1-18(2)8-7-9-19(3)14-16-22-21-12-10-20(11-13-21)15-17-23(4,5)6/h10-13,18-19H,7-9,14,16H2,1-6H3.